The number of esters is 3. The Balaban J connectivity index is 1.96. The van der Waals surface area contributed by atoms with Gasteiger partial charge in [0.15, 0.2) is 0 Å². The standard InChI is InChI=1S/C28H22O6/c1-4-25(29)32-22-13-7-19(8-14-22)28(20-9-15-23(16-10-20)33-26(30)5-2)21-11-17-24(18-12-21)34-27(31)6-3/h4-18,28H,1-3H2. The molecule has 0 fully saturated rings. The molecule has 0 aliphatic heterocycles. The maximum atomic E-state index is 11.5. The Hall–Kier alpha value is -4.71. The van der Waals surface area contributed by atoms with Crippen LogP contribution >= 0.6 is 0 Å². The summed E-state index contributed by atoms with van der Waals surface area (Å²) in [5.74, 6) is -0.657. The summed E-state index contributed by atoms with van der Waals surface area (Å²) in [7, 11) is 0. The number of carbonyl (C=O) groups is 3. The van der Waals surface area contributed by atoms with E-state index in [1.165, 1.54) is 0 Å². The smallest absolute Gasteiger partial charge is 0.335 e. The van der Waals surface area contributed by atoms with E-state index in [1.54, 1.807) is 36.4 Å². The SMILES string of the molecule is C=CC(=O)Oc1ccc(C(c2ccc(OC(=O)C=C)cc2)c2ccc(OC(=O)C=C)cc2)cc1. The number of benzene rings is 3. The van der Waals surface area contributed by atoms with Crippen molar-refractivity contribution < 1.29 is 28.6 Å². The van der Waals surface area contributed by atoms with Gasteiger partial charge in [0.2, 0.25) is 0 Å². The van der Waals surface area contributed by atoms with Crippen molar-refractivity contribution in [2.75, 3.05) is 0 Å². The van der Waals surface area contributed by atoms with Gasteiger partial charge in [0.1, 0.15) is 17.2 Å². The summed E-state index contributed by atoms with van der Waals surface area (Å²) in [5, 5.41) is 0. The largest absolute Gasteiger partial charge is 0.423 e. The lowest BCUT2D eigenvalue weighted by Gasteiger charge is -2.20. The minimum absolute atomic E-state index is 0.211. The second-order valence-corrected chi connectivity index (χ2v) is 7.02. The van der Waals surface area contributed by atoms with Crippen LogP contribution in [0, 0.1) is 0 Å². The van der Waals surface area contributed by atoms with E-state index in [1.807, 2.05) is 36.4 Å². The first kappa shape index (κ1) is 23.9. The summed E-state index contributed by atoms with van der Waals surface area (Å²) in [5.41, 5.74) is 2.76. The summed E-state index contributed by atoms with van der Waals surface area (Å²) in [6.45, 7) is 10.2. The van der Waals surface area contributed by atoms with Crippen LogP contribution in [0.2, 0.25) is 0 Å². The van der Waals surface area contributed by atoms with Gasteiger partial charge in [-0.1, -0.05) is 56.1 Å². The number of hydrogen-bond acceptors (Lipinski definition) is 6. The van der Waals surface area contributed by atoms with E-state index >= 15 is 0 Å². The normalized spacial score (nSPS) is 10.1. The molecule has 0 amide bonds. The molecule has 0 saturated heterocycles. The van der Waals surface area contributed by atoms with Crippen molar-refractivity contribution in [3.63, 3.8) is 0 Å². The predicted octanol–water partition coefficient (Wildman–Crippen LogP) is 5.14. The second kappa shape index (κ2) is 11.2. The molecule has 0 aliphatic rings. The molecular formula is C28H22O6. The van der Waals surface area contributed by atoms with Crippen LogP contribution in [0.25, 0.3) is 0 Å². The van der Waals surface area contributed by atoms with Crippen LogP contribution in [-0.4, -0.2) is 17.9 Å². The average molecular weight is 454 g/mol. The first-order valence-corrected chi connectivity index (χ1v) is 10.3. The van der Waals surface area contributed by atoms with Gasteiger partial charge in [-0.05, 0) is 53.1 Å². The zero-order valence-corrected chi connectivity index (χ0v) is 18.3. The van der Waals surface area contributed by atoms with Crippen molar-refractivity contribution in [1.82, 2.24) is 0 Å². The average Bonchev–Trinajstić information content (AvgIpc) is 2.87. The third kappa shape index (κ3) is 6.17. The molecule has 6 heteroatoms. The molecule has 0 radical (unpaired) electrons. The van der Waals surface area contributed by atoms with Crippen molar-refractivity contribution >= 4 is 17.9 Å². The third-order valence-corrected chi connectivity index (χ3v) is 4.80. The monoisotopic (exact) mass is 454 g/mol. The van der Waals surface area contributed by atoms with Crippen LogP contribution in [0.15, 0.2) is 111 Å². The van der Waals surface area contributed by atoms with Crippen LogP contribution in [0.1, 0.15) is 22.6 Å². The maximum Gasteiger partial charge on any atom is 0.335 e. The quantitative estimate of drug-likeness (QED) is 0.193. The Kier molecular flexibility index (Phi) is 7.92. The van der Waals surface area contributed by atoms with E-state index in [9.17, 15) is 14.4 Å². The Bertz CT molecular complexity index is 1050. The molecule has 170 valence electrons. The molecule has 3 aromatic rings. The lowest BCUT2D eigenvalue weighted by Crippen LogP contribution is -2.07. The highest BCUT2D eigenvalue weighted by Gasteiger charge is 2.18. The van der Waals surface area contributed by atoms with Crippen molar-refractivity contribution in [3.8, 4) is 17.2 Å². The Labute approximate surface area is 197 Å². The zero-order chi connectivity index (χ0) is 24.5. The Morgan fingerprint density at radius 1 is 0.500 bits per heavy atom. The number of rotatable bonds is 9. The lowest BCUT2D eigenvalue weighted by atomic mass is 9.85. The fourth-order valence-corrected chi connectivity index (χ4v) is 3.24. The highest BCUT2D eigenvalue weighted by Crippen LogP contribution is 2.34. The molecule has 0 N–H and O–H groups in total. The summed E-state index contributed by atoms with van der Waals surface area (Å²) in [4.78, 5) is 34.4. The molecular weight excluding hydrogens is 432 g/mol. The van der Waals surface area contributed by atoms with Crippen LogP contribution in [0.5, 0.6) is 17.2 Å². The topological polar surface area (TPSA) is 78.9 Å². The van der Waals surface area contributed by atoms with Gasteiger partial charge in [0.05, 0.1) is 0 Å². The van der Waals surface area contributed by atoms with E-state index in [0.29, 0.717) is 17.2 Å². The van der Waals surface area contributed by atoms with Crippen LogP contribution in [-0.2, 0) is 14.4 Å². The molecule has 6 nitrogen and oxygen atoms in total. The molecule has 34 heavy (non-hydrogen) atoms. The van der Waals surface area contributed by atoms with Crippen LogP contribution < -0.4 is 14.2 Å². The van der Waals surface area contributed by atoms with E-state index in [2.05, 4.69) is 19.7 Å². The van der Waals surface area contributed by atoms with E-state index in [4.69, 9.17) is 14.2 Å². The summed E-state index contributed by atoms with van der Waals surface area (Å²) < 4.78 is 15.5. The van der Waals surface area contributed by atoms with E-state index in [-0.39, 0.29) is 5.92 Å². The fourth-order valence-electron chi connectivity index (χ4n) is 3.24. The Morgan fingerprint density at radius 3 is 0.941 bits per heavy atom. The molecule has 0 bridgehead atoms. The van der Waals surface area contributed by atoms with E-state index < -0.39 is 17.9 Å². The molecule has 0 heterocycles. The van der Waals surface area contributed by atoms with Crippen molar-refractivity contribution in [2.45, 2.75) is 5.92 Å². The zero-order valence-electron chi connectivity index (χ0n) is 18.3. The first-order chi connectivity index (χ1) is 16.4. The molecule has 3 rings (SSSR count). The molecule has 0 unspecified atom stereocenters. The summed E-state index contributed by atoms with van der Waals surface area (Å²) >= 11 is 0. The van der Waals surface area contributed by atoms with Crippen LogP contribution in [0.3, 0.4) is 0 Å². The van der Waals surface area contributed by atoms with Gasteiger partial charge < -0.3 is 14.2 Å². The number of carbonyl (C=O) groups excluding carboxylic acids is 3. The lowest BCUT2D eigenvalue weighted by molar-refractivity contribution is -0.129. The highest BCUT2D eigenvalue weighted by atomic mass is 16.5. The van der Waals surface area contributed by atoms with Gasteiger partial charge in [-0.25, -0.2) is 14.4 Å². The summed E-state index contributed by atoms with van der Waals surface area (Å²) in [6, 6.07) is 21.3. The predicted molar refractivity (Wildman–Crippen MR) is 128 cm³/mol. The van der Waals surface area contributed by atoms with Crippen molar-refractivity contribution in [2.24, 2.45) is 0 Å². The maximum absolute atomic E-state index is 11.5. The molecule has 3 aromatic carbocycles. The molecule has 0 aliphatic carbocycles. The first-order valence-electron chi connectivity index (χ1n) is 10.3. The van der Waals surface area contributed by atoms with Gasteiger partial charge in [-0.15, -0.1) is 0 Å². The van der Waals surface area contributed by atoms with Crippen molar-refractivity contribution in [1.29, 1.82) is 0 Å². The minimum atomic E-state index is -0.543. The number of hydrogen-bond donors (Lipinski definition) is 0. The van der Waals surface area contributed by atoms with Crippen molar-refractivity contribution in [3.05, 3.63) is 127 Å². The Morgan fingerprint density at radius 2 is 0.735 bits per heavy atom. The second-order valence-electron chi connectivity index (χ2n) is 7.02. The van der Waals surface area contributed by atoms with Gasteiger partial charge in [0.25, 0.3) is 0 Å². The fraction of sp³-hybridized carbons (Fsp3) is 0.0357. The summed E-state index contributed by atoms with van der Waals surface area (Å²) in [6.07, 6.45) is 3.29. The van der Waals surface area contributed by atoms with Gasteiger partial charge in [-0.3, -0.25) is 0 Å². The van der Waals surface area contributed by atoms with Gasteiger partial charge in [-0.2, -0.15) is 0 Å². The molecule has 0 aromatic heterocycles. The number of ether oxygens (including phenoxy) is 3. The van der Waals surface area contributed by atoms with E-state index in [0.717, 1.165) is 34.9 Å². The molecule has 0 atom stereocenters. The third-order valence-electron chi connectivity index (χ3n) is 4.80. The minimum Gasteiger partial charge on any atom is -0.423 e. The van der Waals surface area contributed by atoms with Gasteiger partial charge in [0, 0.05) is 24.1 Å². The molecule has 0 spiro atoms. The van der Waals surface area contributed by atoms with Crippen LogP contribution in [0.4, 0.5) is 0 Å². The highest BCUT2D eigenvalue weighted by molar-refractivity contribution is 5.84. The molecule has 0 saturated carbocycles. The van der Waals surface area contributed by atoms with Gasteiger partial charge >= 0.3 is 17.9 Å².